The molecular formula is C22H16ClNO. The lowest BCUT2D eigenvalue weighted by atomic mass is 10.0. The highest BCUT2D eigenvalue weighted by Gasteiger charge is 2.10. The van der Waals surface area contributed by atoms with Crippen LogP contribution in [0.1, 0.15) is 11.3 Å². The fourth-order valence-electron chi connectivity index (χ4n) is 3.00. The highest BCUT2D eigenvalue weighted by molar-refractivity contribution is 6.52. The summed E-state index contributed by atoms with van der Waals surface area (Å²) in [6.07, 6.45) is 1.94. The second-order valence-electron chi connectivity index (χ2n) is 5.79. The normalized spacial score (nSPS) is 11.8. The molecule has 0 spiro atoms. The van der Waals surface area contributed by atoms with Crippen molar-refractivity contribution in [3.05, 3.63) is 84.1 Å². The van der Waals surface area contributed by atoms with Crippen molar-refractivity contribution in [3.8, 4) is 5.75 Å². The number of pyridine rings is 1. The highest BCUT2D eigenvalue weighted by Crippen LogP contribution is 2.32. The summed E-state index contributed by atoms with van der Waals surface area (Å²) < 4.78 is 5.20. The SMILES string of the molecule is COc1ccc(/C=C(/Cl)c2nc3ccccc3c3ccccc23)cc1. The number of fused-ring (bicyclic) bond motifs is 3. The van der Waals surface area contributed by atoms with Crippen molar-refractivity contribution in [3.63, 3.8) is 0 Å². The topological polar surface area (TPSA) is 22.1 Å². The van der Waals surface area contributed by atoms with Gasteiger partial charge < -0.3 is 4.74 Å². The molecule has 4 rings (SSSR count). The van der Waals surface area contributed by atoms with Gasteiger partial charge in [-0.15, -0.1) is 0 Å². The monoisotopic (exact) mass is 345 g/mol. The third-order valence-corrected chi connectivity index (χ3v) is 4.53. The summed E-state index contributed by atoms with van der Waals surface area (Å²) >= 11 is 6.66. The van der Waals surface area contributed by atoms with Gasteiger partial charge in [0.2, 0.25) is 0 Å². The molecule has 0 unspecified atom stereocenters. The van der Waals surface area contributed by atoms with Crippen LogP contribution in [0.15, 0.2) is 72.8 Å². The van der Waals surface area contributed by atoms with E-state index in [4.69, 9.17) is 21.3 Å². The van der Waals surface area contributed by atoms with Crippen LogP contribution in [0.4, 0.5) is 0 Å². The maximum Gasteiger partial charge on any atom is 0.118 e. The first kappa shape index (κ1) is 15.7. The summed E-state index contributed by atoms with van der Waals surface area (Å²) in [6, 6.07) is 24.2. The molecule has 1 heterocycles. The van der Waals surface area contributed by atoms with E-state index in [1.807, 2.05) is 60.7 Å². The van der Waals surface area contributed by atoms with Gasteiger partial charge in [0.05, 0.1) is 23.4 Å². The van der Waals surface area contributed by atoms with Crippen molar-refractivity contribution < 1.29 is 4.74 Å². The molecule has 0 radical (unpaired) electrons. The smallest absolute Gasteiger partial charge is 0.118 e. The summed E-state index contributed by atoms with van der Waals surface area (Å²) in [5.74, 6) is 0.822. The van der Waals surface area contributed by atoms with Crippen LogP contribution in [0.3, 0.4) is 0 Å². The standard InChI is InChI=1S/C22H16ClNO/c1-25-16-12-10-15(11-13-16)14-20(23)22-19-8-3-2-6-17(19)18-7-4-5-9-21(18)24-22/h2-14H,1H3/b20-14+. The van der Waals surface area contributed by atoms with Crippen molar-refractivity contribution in [1.82, 2.24) is 4.98 Å². The van der Waals surface area contributed by atoms with E-state index in [0.29, 0.717) is 5.03 Å². The zero-order valence-corrected chi connectivity index (χ0v) is 14.5. The van der Waals surface area contributed by atoms with Crippen molar-refractivity contribution in [2.75, 3.05) is 7.11 Å². The van der Waals surface area contributed by atoms with Gasteiger partial charge in [0.1, 0.15) is 5.75 Å². The summed E-state index contributed by atoms with van der Waals surface area (Å²) in [5.41, 5.74) is 2.74. The Morgan fingerprint density at radius 2 is 1.48 bits per heavy atom. The number of rotatable bonds is 3. The molecule has 1 aromatic heterocycles. The predicted octanol–water partition coefficient (Wildman–Crippen LogP) is 6.13. The van der Waals surface area contributed by atoms with E-state index in [1.54, 1.807) is 7.11 Å². The number of nitrogens with zero attached hydrogens (tertiary/aromatic N) is 1. The highest BCUT2D eigenvalue weighted by atomic mass is 35.5. The summed E-state index contributed by atoms with van der Waals surface area (Å²) in [6.45, 7) is 0. The van der Waals surface area contributed by atoms with Crippen molar-refractivity contribution >= 4 is 44.4 Å². The van der Waals surface area contributed by atoms with Crippen molar-refractivity contribution in [2.45, 2.75) is 0 Å². The summed E-state index contributed by atoms with van der Waals surface area (Å²) in [5, 5.41) is 3.96. The Hall–Kier alpha value is -2.84. The molecule has 25 heavy (non-hydrogen) atoms. The molecular weight excluding hydrogens is 330 g/mol. The first-order valence-corrected chi connectivity index (χ1v) is 8.43. The summed E-state index contributed by atoms with van der Waals surface area (Å²) in [7, 11) is 1.66. The average Bonchev–Trinajstić information content (AvgIpc) is 2.68. The lowest BCUT2D eigenvalue weighted by Gasteiger charge is -2.09. The second kappa shape index (κ2) is 6.58. The maximum absolute atomic E-state index is 6.66. The molecule has 0 aliphatic carbocycles. The van der Waals surface area contributed by atoms with E-state index in [-0.39, 0.29) is 0 Å². The zero-order valence-electron chi connectivity index (χ0n) is 13.7. The van der Waals surface area contributed by atoms with Gasteiger partial charge in [-0.2, -0.15) is 0 Å². The Kier molecular flexibility index (Phi) is 4.12. The largest absolute Gasteiger partial charge is 0.497 e. The minimum Gasteiger partial charge on any atom is -0.497 e. The van der Waals surface area contributed by atoms with Gasteiger partial charge in [0.15, 0.2) is 0 Å². The fourth-order valence-corrected chi connectivity index (χ4v) is 3.27. The molecule has 3 aromatic carbocycles. The molecule has 0 fully saturated rings. The maximum atomic E-state index is 6.66. The van der Waals surface area contributed by atoms with Crippen LogP contribution in [0.5, 0.6) is 5.75 Å². The van der Waals surface area contributed by atoms with Crippen molar-refractivity contribution in [1.29, 1.82) is 0 Å². The quantitative estimate of drug-likeness (QED) is 0.416. The predicted molar refractivity (Wildman–Crippen MR) is 106 cm³/mol. The number of hydrogen-bond donors (Lipinski definition) is 0. The Morgan fingerprint density at radius 3 is 2.20 bits per heavy atom. The molecule has 122 valence electrons. The first-order chi connectivity index (χ1) is 12.3. The van der Waals surface area contributed by atoms with Gasteiger partial charge in [-0.25, -0.2) is 4.98 Å². The van der Waals surface area contributed by atoms with Gasteiger partial charge in [0, 0.05) is 10.8 Å². The zero-order chi connectivity index (χ0) is 17.2. The minimum absolute atomic E-state index is 0.618. The van der Waals surface area contributed by atoms with Gasteiger partial charge in [0.25, 0.3) is 0 Å². The lowest BCUT2D eigenvalue weighted by Crippen LogP contribution is -1.90. The minimum atomic E-state index is 0.618. The van der Waals surface area contributed by atoms with Gasteiger partial charge in [-0.1, -0.05) is 66.2 Å². The Labute approximate surface area is 151 Å². The average molecular weight is 346 g/mol. The van der Waals surface area contributed by atoms with Crippen LogP contribution in [0.25, 0.3) is 32.8 Å². The van der Waals surface area contributed by atoms with E-state index >= 15 is 0 Å². The Bertz CT molecular complexity index is 1080. The van der Waals surface area contributed by atoms with Crippen LogP contribution in [0.2, 0.25) is 0 Å². The van der Waals surface area contributed by atoms with Gasteiger partial charge in [-0.05, 0) is 35.2 Å². The van der Waals surface area contributed by atoms with Crippen LogP contribution < -0.4 is 4.74 Å². The second-order valence-corrected chi connectivity index (χ2v) is 6.20. The third kappa shape index (κ3) is 2.97. The molecule has 3 heteroatoms. The van der Waals surface area contributed by atoms with Crippen LogP contribution in [-0.4, -0.2) is 12.1 Å². The van der Waals surface area contributed by atoms with E-state index in [9.17, 15) is 0 Å². The van der Waals surface area contributed by atoms with E-state index in [0.717, 1.165) is 38.7 Å². The van der Waals surface area contributed by atoms with Crippen molar-refractivity contribution in [2.24, 2.45) is 0 Å². The fraction of sp³-hybridized carbons (Fsp3) is 0.0455. The molecule has 0 aliphatic rings. The molecule has 2 nitrogen and oxygen atoms in total. The number of ether oxygens (including phenoxy) is 1. The van der Waals surface area contributed by atoms with Gasteiger partial charge >= 0.3 is 0 Å². The van der Waals surface area contributed by atoms with E-state index < -0.39 is 0 Å². The number of aromatic nitrogens is 1. The Morgan fingerprint density at radius 1 is 0.840 bits per heavy atom. The van der Waals surface area contributed by atoms with Crippen LogP contribution >= 0.6 is 11.6 Å². The molecule has 0 bridgehead atoms. The molecule has 0 N–H and O–H groups in total. The molecule has 0 atom stereocenters. The van der Waals surface area contributed by atoms with E-state index in [1.165, 1.54) is 0 Å². The number of para-hydroxylation sites is 1. The number of hydrogen-bond acceptors (Lipinski definition) is 2. The van der Waals surface area contributed by atoms with Crippen LogP contribution in [0, 0.1) is 0 Å². The Balaban J connectivity index is 1.90. The van der Waals surface area contributed by atoms with Gasteiger partial charge in [-0.3, -0.25) is 0 Å². The number of benzene rings is 3. The first-order valence-electron chi connectivity index (χ1n) is 8.05. The third-order valence-electron chi connectivity index (χ3n) is 4.24. The summed E-state index contributed by atoms with van der Waals surface area (Å²) in [4.78, 5) is 4.81. The molecule has 0 saturated carbocycles. The molecule has 0 saturated heterocycles. The molecule has 4 aromatic rings. The number of halogens is 1. The van der Waals surface area contributed by atoms with Crippen LogP contribution in [-0.2, 0) is 0 Å². The van der Waals surface area contributed by atoms with E-state index in [2.05, 4.69) is 18.2 Å². The molecule has 0 amide bonds. The lowest BCUT2D eigenvalue weighted by molar-refractivity contribution is 0.415. The molecule has 0 aliphatic heterocycles. The number of methoxy groups -OCH3 is 1.